The topological polar surface area (TPSA) is 275 Å². The second-order valence-electron chi connectivity index (χ2n) is 28.1. The number of benzene rings is 6. The number of methoxy groups -OCH3 is 2. The van der Waals surface area contributed by atoms with Crippen LogP contribution in [0.1, 0.15) is 66.5 Å². The number of hydrogen-bond acceptors (Lipinski definition) is 17. The van der Waals surface area contributed by atoms with Crippen LogP contribution in [-0.4, -0.2) is 51.8 Å². The number of pyridine rings is 3. The Morgan fingerprint density at radius 3 is 1.20 bits per heavy atom. The van der Waals surface area contributed by atoms with Crippen LogP contribution in [0.25, 0.3) is 84.0 Å². The molecule has 630 valence electrons. The van der Waals surface area contributed by atoms with Gasteiger partial charge in [-0.2, -0.15) is 0 Å². The van der Waals surface area contributed by atoms with Crippen molar-refractivity contribution in [1.29, 1.82) is 0 Å². The molecule has 0 saturated heterocycles. The Labute approximate surface area is 739 Å². The molecule has 0 atom stereocenters. The van der Waals surface area contributed by atoms with Gasteiger partial charge in [-0.05, 0) is 159 Å². The third-order valence-corrected chi connectivity index (χ3v) is 19.4. The van der Waals surface area contributed by atoms with E-state index in [9.17, 15) is 28.8 Å². The van der Waals surface area contributed by atoms with Crippen molar-refractivity contribution >= 4 is 136 Å². The van der Waals surface area contributed by atoms with E-state index in [4.69, 9.17) is 50.2 Å². The smallest absolute Gasteiger partial charge is 0.336 e. The van der Waals surface area contributed by atoms with Crippen molar-refractivity contribution in [3.05, 3.63) is 344 Å². The van der Waals surface area contributed by atoms with E-state index in [0.717, 1.165) is 71.7 Å². The monoisotopic (exact) mass is 1850 g/mol. The molecule has 0 aliphatic carbocycles. The van der Waals surface area contributed by atoms with Gasteiger partial charge in [-0.15, -0.1) is 17.0 Å². The van der Waals surface area contributed by atoms with Gasteiger partial charge in [0.15, 0.2) is 90.3 Å². The lowest BCUT2D eigenvalue weighted by Crippen LogP contribution is -3.00. The number of aryl methyl sites for hydroxylation is 4. The van der Waals surface area contributed by atoms with Crippen LogP contribution < -0.4 is 104 Å². The molecular weight excluding hydrogens is 1760 g/mol. The van der Waals surface area contributed by atoms with Crippen LogP contribution in [-0.2, 0) is 34.0 Å². The molecular formula is C97H90Br3N6O17+. The highest BCUT2D eigenvalue weighted by molar-refractivity contribution is 8.93. The fourth-order valence-electron chi connectivity index (χ4n) is 13.1. The average Bonchev–Trinajstić information content (AvgIpc) is 1.72. The molecule has 3 amide bonds. The number of nitrogens with zero attached hydrogens (tertiary/aromatic N) is 3. The van der Waals surface area contributed by atoms with Crippen LogP contribution >= 0.6 is 17.0 Å². The van der Waals surface area contributed by atoms with Gasteiger partial charge in [0.1, 0.15) is 11.5 Å². The maximum Gasteiger partial charge on any atom is 0.336 e. The summed E-state index contributed by atoms with van der Waals surface area (Å²) in [4.78, 5) is 72.3. The number of hydrogen-bond donors (Lipinski definition) is 3. The zero-order valence-corrected chi connectivity index (χ0v) is 73.3. The molecule has 0 aliphatic rings. The Bertz CT molecular complexity index is 6560. The first-order chi connectivity index (χ1) is 58.4. The minimum absolute atomic E-state index is 0. The van der Waals surface area contributed by atoms with Gasteiger partial charge < -0.3 is 100 Å². The summed E-state index contributed by atoms with van der Waals surface area (Å²) in [5.74, 6) is 2.37. The van der Waals surface area contributed by atoms with Gasteiger partial charge >= 0.3 is 16.9 Å². The highest BCUT2D eigenvalue weighted by atomic mass is 79.9. The van der Waals surface area contributed by atoms with Crippen molar-refractivity contribution in [2.75, 3.05) is 50.0 Å². The third kappa shape index (κ3) is 25.0. The van der Waals surface area contributed by atoms with E-state index in [-0.39, 0.29) is 68.7 Å². The summed E-state index contributed by atoms with van der Waals surface area (Å²) in [5.41, 5.74) is 12.1. The van der Waals surface area contributed by atoms with Gasteiger partial charge in [-0.1, -0.05) is 78.4 Å². The van der Waals surface area contributed by atoms with Gasteiger partial charge in [0.25, 0.3) is 0 Å². The average molecular weight is 1850 g/mol. The van der Waals surface area contributed by atoms with Crippen LogP contribution in [0.4, 0.5) is 17.1 Å². The van der Waals surface area contributed by atoms with Crippen molar-refractivity contribution in [1.82, 2.24) is 0 Å². The van der Waals surface area contributed by atoms with E-state index < -0.39 is 16.9 Å². The zero-order valence-electron chi connectivity index (χ0n) is 68.4. The van der Waals surface area contributed by atoms with Gasteiger partial charge in [0, 0.05) is 124 Å². The summed E-state index contributed by atoms with van der Waals surface area (Å²) >= 11 is 0. The second kappa shape index (κ2) is 44.6. The molecule has 0 fully saturated rings. The Kier molecular flexibility index (Phi) is 33.2. The number of aromatic nitrogens is 3. The fraction of sp³-hybridized carbons (Fsp3) is 0.165. The van der Waals surface area contributed by atoms with Gasteiger partial charge in [-0.3, -0.25) is 14.4 Å². The Morgan fingerprint density at radius 2 is 0.797 bits per heavy atom. The molecule has 0 radical (unpaired) electrons. The first-order valence-corrected chi connectivity index (χ1v) is 38.9. The van der Waals surface area contributed by atoms with Crippen LogP contribution in [0.3, 0.4) is 0 Å². The largest absolute Gasteiger partial charge is 1.00 e. The lowest BCUT2D eigenvalue weighted by atomic mass is 9.96. The number of carbonyl (C=O) groups excluding carboxylic acids is 3. The van der Waals surface area contributed by atoms with Gasteiger partial charge in [-0.25, -0.2) is 28.1 Å². The maximum atomic E-state index is 12.6. The van der Waals surface area contributed by atoms with E-state index in [1.807, 2.05) is 210 Å². The first kappa shape index (κ1) is 91.6. The molecule has 15 aromatic rings. The van der Waals surface area contributed by atoms with E-state index in [1.165, 1.54) is 47.0 Å². The number of furan rings is 3. The van der Waals surface area contributed by atoms with Crippen molar-refractivity contribution < 1.29 is 112 Å². The minimum Gasteiger partial charge on any atom is -1.00 e. The Morgan fingerprint density at radius 1 is 0.407 bits per heavy atom. The van der Waals surface area contributed by atoms with E-state index in [0.29, 0.717) is 127 Å². The number of ether oxygens (including phenoxy) is 5. The Hall–Kier alpha value is -13.7. The molecule has 23 nitrogen and oxygen atoms in total. The van der Waals surface area contributed by atoms with Crippen LogP contribution in [0, 0.1) is 20.8 Å². The lowest BCUT2D eigenvalue weighted by Gasteiger charge is -2.13. The molecule has 0 saturated carbocycles. The number of rotatable bonds is 29. The standard InChI is InChI=1S/C40H40N2O6.C29H24N2O6.C28H22N2O5.3BrH/c1-26(11-13-34-28(3)24-35(45-6)30(5)29(34)4)9-7-10-27(2)23-36(43)41-33-15-19-42(20-16-33)18-8-21-46-40-38-32(17-22-47-38)25-31-12-14-37(44)48-39(31)40;1-34-24-7-3-20(4-8-24)5-9-25(32)30-23-11-15-31(16-12-23)14-2-17-35-29-27-22(13-18-36-27)19-21-6-10-26(33)37-28(21)29;31-24(9-7-20-5-2-1-3-6-20)29-23-11-15-30(16-12-23)14-4-17-33-28-26-22(13-18-34-26)19-21-8-10-25(32)35-27(21)28;;;/h7,9-17,19-20,22-25H,8,18,21H2,1-6H3;3-13,15-16,18-19H,2,14,17H2,1H3;1-3,5-13,15-16,18-19H,4,14,17H2;3*1H/p+1/b10-7+,13-11+,26-9+,27-23+;9-5+;9-7+;;;. The SMILES string of the molecule is Br.COc1cc(C)c(/C=C/C(C)=C/C=C/C(C)=C/C(=O)Nc2cc[n+](CCCOc3c4occc4cc4ccc(=O)oc34)cc2)c(C)c1C.COc1ccc(/C=C/C(=O)Nc2cc[n+](CCCOc3c4occc4cc4ccc(=O)oc34)cc2)cc1.O=C(/C=C/c1ccccc1)Nc1cc[n+](CCCOc2c3occc3cc3ccc(=O)oc23)cc1.[Br-].[Br-]. The molecule has 0 aliphatic heterocycles. The van der Waals surface area contributed by atoms with Crippen molar-refractivity contribution in [3.8, 4) is 28.7 Å². The molecule has 9 heterocycles. The molecule has 0 bridgehead atoms. The normalized spacial score (nSPS) is 11.5. The number of fused-ring (bicyclic) bond motifs is 6. The molecule has 0 spiro atoms. The lowest BCUT2D eigenvalue weighted by molar-refractivity contribution is -0.697. The first-order valence-electron chi connectivity index (χ1n) is 38.9. The molecule has 6 aromatic carbocycles. The van der Waals surface area contributed by atoms with E-state index >= 15 is 0 Å². The quantitative estimate of drug-likeness (QED) is 0.0129. The van der Waals surface area contributed by atoms with E-state index in [1.54, 1.807) is 69.4 Å². The number of halogens is 3. The van der Waals surface area contributed by atoms with E-state index in [2.05, 4.69) is 54.9 Å². The predicted octanol–water partition coefficient (Wildman–Crippen LogP) is 12.8. The number of allylic oxidation sites excluding steroid dienone is 6. The minimum atomic E-state index is -0.444. The molecule has 9 aromatic heterocycles. The number of nitrogens with one attached hydrogen (secondary N) is 3. The van der Waals surface area contributed by atoms with Crippen molar-refractivity contribution in [2.24, 2.45) is 0 Å². The summed E-state index contributed by atoms with van der Waals surface area (Å²) in [6.45, 7) is 13.5. The Balaban J connectivity index is 0.000000194. The molecule has 0 unspecified atom stereocenters. The maximum absolute atomic E-state index is 12.6. The van der Waals surface area contributed by atoms with Crippen LogP contribution in [0.5, 0.6) is 28.7 Å². The molecule has 26 heteroatoms. The summed E-state index contributed by atoms with van der Waals surface area (Å²) in [5, 5.41) is 13.6. The predicted molar refractivity (Wildman–Crippen MR) is 474 cm³/mol. The van der Waals surface area contributed by atoms with Crippen LogP contribution in [0.15, 0.2) is 320 Å². The second-order valence-corrected chi connectivity index (χ2v) is 28.1. The highest BCUT2D eigenvalue weighted by Crippen LogP contribution is 2.38. The summed E-state index contributed by atoms with van der Waals surface area (Å²) in [7, 11) is 3.31. The number of anilines is 3. The molecule has 15 rings (SSSR count). The van der Waals surface area contributed by atoms with Gasteiger partial charge in [0.2, 0.25) is 35.0 Å². The molecule has 3 N–H and O–H groups in total. The van der Waals surface area contributed by atoms with Crippen molar-refractivity contribution in [3.63, 3.8) is 0 Å². The zero-order chi connectivity index (χ0) is 83.9. The summed E-state index contributed by atoms with van der Waals surface area (Å²) in [6.07, 6.45) is 36.5. The third-order valence-electron chi connectivity index (χ3n) is 19.4. The number of carbonyl (C=O) groups is 3. The summed E-state index contributed by atoms with van der Waals surface area (Å²) < 4.78 is 67.6. The van der Waals surface area contributed by atoms with Crippen molar-refractivity contribution in [2.45, 2.75) is 73.5 Å². The number of amides is 3. The summed E-state index contributed by atoms with van der Waals surface area (Å²) in [6, 6.07) is 50.8. The molecule has 123 heavy (non-hydrogen) atoms. The van der Waals surface area contributed by atoms with Gasteiger partial charge in [0.05, 0.1) is 69.9 Å². The van der Waals surface area contributed by atoms with Crippen LogP contribution in [0.2, 0.25) is 0 Å². The fourth-order valence-corrected chi connectivity index (χ4v) is 13.1. The highest BCUT2D eigenvalue weighted by Gasteiger charge is 2.20.